The highest BCUT2D eigenvalue weighted by Crippen LogP contribution is 2.09. The molecular formula is C7H14N2O3. The quantitative estimate of drug-likeness (QED) is 0.594. The van der Waals surface area contributed by atoms with Gasteiger partial charge in [0.2, 0.25) is 0 Å². The molecule has 1 aliphatic heterocycles. The summed E-state index contributed by atoms with van der Waals surface area (Å²) in [6.07, 6.45) is 0. The average molecular weight is 174 g/mol. The molecule has 70 valence electrons. The fourth-order valence-electron chi connectivity index (χ4n) is 1.35. The SMILES string of the molecule is COCC1(COC)CNC(=O)N1. The molecular weight excluding hydrogens is 160 g/mol. The molecule has 0 aliphatic carbocycles. The number of amides is 2. The van der Waals surface area contributed by atoms with Crippen LogP contribution in [0.2, 0.25) is 0 Å². The minimum Gasteiger partial charge on any atom is -0.382 e. The van der Waals surface area contributed by atoms with Crippen LogP contribution >= 0.6 is 0 Å². The Kier molecular flexibility index (Phi) is 2.88. The summed E-state index contributed by atoms with van der Waals surface area (Å²) < 4.78 is 9.99. The first kappa shape index (κ1) is 9.28. The summed E-state index contributed by atoms with van der Waals surface area (Å²) in [5.41, 5.74) is -0.388. The van der Waals surface area contributed by atoms with E-state index < -0.39 is 0 Å². The van der Waals surface area contributed by atoms with Gasteiger partial charge < -0.3 is 20.1 Å². The van der Waals surface area contributed by atoms with Crippen molar-refractivity contribution >= 4 is 6.03 Å². The van der Waals surface area contributed by atoms with Crippen molar-refractivity contribution in [1.29, 1.82) is 0 Å². The largest absolute Gasteiger partial charge is 0.382 e. The predicted molar refractivity (Wildman–Crippen MR) is 43.0 cm³/mol. The Morgan fingerprint density at radius 3 is 2.33 bits per heavy atom. The highest BCUT2D eigenvalue weighted by molar-refractivity contribution is 5.77. The van der Waals surface area contributed by atoms with Gasteiger partial charge in [-0.1, -0.05) is 0 Å². The Hall–Kier alpha value is -0.810. The first-order chi connectivity index (χ1) is 5.72. The predicted octanol–water partition coefficient (Wildman–Crippen LogP) is -0.669. The van der Waals surface area contributed by atoms with Gasteiger partial charge in [0.15, 0.2) is 0 Å². The first-order valence-electron chi connectivity index (χ1n) is 3.76. The maximum Gasteiger partial charge on any atom is 0.315 e. The van der Waals surface area contributed by atoms with E-state index in [0.717, 1.165) is 0 Å². The van der Waals surface area contributed by atoms with Gasteiger partial charge in [0.05, 0.1) is 13.2 Å². The van der Waals surface area contributed by atoms with Gasteiger partial charge in [-0.15, -0.1) is 0 Å². The Morgan fingerprint density at radius 2 is 2.00 bits per heavy atom. The third-order valence-electron chi connectivity index (χ3n) is 1.81. The van der Waals surface area contributed by atoms with Crippen molar-refractivity contribution in [2.75, 3.05) is 34.0 Å². The van der Waals surface area contributed by atoms with E-state index in [4.69, 9.17) is 9.47 Å². The van der Waals surface area contributed by atoms with Crippen LogP contribution < -0.4 is 10.6 Å². The topological polar surface area (TPSA) is 59.6 Å². The van der Waals surface area contributed by atoms with Crippen molar-refractivity contribution in [2.45, 2.75) is 5.54 Å². The minimum atomic E-state index is -0.388. The highest BCUT2D eigenvalue weighted by Gasteiger charge is 2.37. The molecule has 0 aromatic rings. The number of rotatable bonds is 4. The molecule has 1 heterocycles. The van der Waals surface area contributed by atoms with Crippen molar-refractivity contribution in [3.63, 3.8) is 0 Å². The van der Waals surface area contributed by atoms with Crippen LogP contribution in [0.4, 0.5) is 4.79 Å². The van der Waals surface area contributed by atoms with Crippen LogP contribution in [-0.2, 0) is 9.47 Å². The Bertz CT molecular complexity index is 166. The Morgan fingerprint density at radius 1 is 1.42 bits per heavy atom. The zero-order valence-corrected chi connectivity index (χ0v) is 7.35. The normalized spacial score (nSPS) is 20.3. The summed E-state index contributed by atoms with van der Waals surface area (Å²) in [7, 11) is 3.20. The molecule has 0 atom stereocenters. The molecule has 0 unspecified atom stereocenters. The number of methoxy groups -OCH3 is 2. The molecule has 0 aromatic carbocycles. The third-order valence-corrected chi connectivity index (χ3v) is 1.81. The monoisotopic (exact) mass is 174 g/mol. The van der Waals surface area contributed by atoms with Crippen LogP contribution in [0.15, 0.2) is 0 Å². The van der Waals surface area contributed by atoms with Gasteiger partial charge in [-0.05, 0) is 0 Å². The molecule has 12 heavy (non-hydrogen) atoms. The smallest absolute Gasteiger partial charge is 0.315 e. The van der Waals surface area contributed by atoms with Gasteiger partial charge in [-0.25, -0.2) is 4.79 Å². The number of carbonyl (C=O) groups excluding carboxylic acids is 1. The molecule has 1 fully saturated rings. The summed E-state index contributed by atoms with van der Waals surface area (Å²) >= 11 is 0. The van der Waals surface area contributed by atoms with E-state index in [2.05, 4.69) is 10.6 Å². The Labute approximate surface area is 71.4 Å². The lowest BCUT2D eigenvalue weighted by Crippen LogP contribution is -2.51. The Balaban J connectivity index is 2.54. The van der Waals surface area contributed by atoms with E-state index in [1.54, 1.807) is 14.2 Å². The second-order valence-corrected chi connectivity index (χ2v) is 2.95. The van der Waals surface area contributed by atoms with E-state index in [-0.39, 0.29) is 11.6 Å². The summed E-state index contributed by atoms with van der Waals surface area (Å²) in [5.74, 6) is 0. The van der Waals surface area contributed by atoms with Crippen LogP contribution in [0.5, 0.6) is 0 Å². The highest BCUT2D eigenvalue weighted by atomic mass is 16.5. The molecule has 0 aromatic heterocycles. The fraction of sp³-hybridized carbons (Fsp3) is 0.857. The molecule has 0 spiro atoms. The average Bonchev–Trinajstić information content (AvgIpc) is 2.34. The third kappa shape index (κ3) is 1.86. The molecule has 0 radical (unpaired) electrons. The lowest BCUT2D eigenvalue weighted by atomic mass is 10.0. The molecule has 1 aliphatic rings. The molecule has 1 rings (SSSR count). The summed E-state index contributed by atoms with van der Waals surface area (Å²) in [5, 5.41) is 5.44. The van der Waals surface area contributed by atoms with Gasteiger partial charge >= 0.3 is 6.03 Å². The van der Waals surface area contributed by atoms with Crippen molar-refractivity contribution in [1.82, 2.24) is 10.6 Å². The van der Waals surface area contributed by atoms with Gasteiger partial charge in [0, 0.05) is 20.8 Å². The van der Waals surface area contributed by atoms with Crippen LogP contribution in [0.1, 0.15) is 0 Å². The van der Waals surface area contributed by atoms with Crippen molar-refractivity contribution in [3.05, 3.63) is 0 Å². The van der Waals surface area contributed by atoms with E-state index >= 15 is 0 Å². The number of carbonyl (C=O) groups is 1. The number of hydrogen-bond donors (Lipinski definition) is 2. The molecule has 5 heteroatoms. The molecule has 0 saturated carbocycles. The lowest BCUT2D eigenvalue weighted by molar-refractivity contribution is 0.0607. The second kappa shape index (κ2) is 3.73. The minimum absolute atomic E-state index is 0.163. The summed E-state index contributed by atoms with van der Waals surface area (Å²) in [6.45, 7) is 1.46. The number of urea groups is 1. The number of ether oxygens (including phenoxy) is 2. The van der Waals surface area contributed by atoms with E-state index in [9.17, 15) is 4.79 Å². The van der Waals surface area contributed by atoms with Crippen LogP contribution in [-0.4, -0.2) is 45.5 Å². The van der Waals surface area contributed by atoms with Crippen LogP contribution in [0.3, 0.4) is 0 Å². The number of hydrogen-bond acceptors (Lipinski definition) is 3. The van der Waals surface area contributed by atoms with Gasteiger partial charge in [-0.3, -0.25) is 0 Å². The van der Waals surface area contributed by atoms with Gasteiger partial charge in [0.1, 0.15) is 5.54 Å². The summed E-state index contributed by atoms with van der Waals surface area (Å²) in [4.78, 5) is 10.9. The fourth-order valence-corrected chi connectivity index (χ4v) is 1.35. The van der Waals surface area contributed by atoms with Crippen molar-refractivity contribution in [2.24, 2.45) is 0 Å². The molecule has 0 bridgehead atoms. The van der Waals surface area contributed by atoms with E-state index in [0.29, 0.717) is 19.8 Å². The lowest BCUT2D eigenvalue weighted by Gasteiger charge is -2.25. The standard InChI is InChI=1S/C7H14N2O3/c1-11-4-7(5-12-2)3-8-6(10)9-7/h3-5H2,1-2H3,(H2,8,9,10). The first-order valence-corrected chi connectivity index (χ1v) is 3.76. The van der Waals surface area contributed by atoms with E-state index in [1.807, 2.05) is 0 Å². The maximum absolute atomic E-state index is 10.9. The zero-order chi connectivity index (χ0) is 9.03. The molecule has 2 amide bonds. The zero-order valence-electron chi connectivity index (χ0n) is 7.35. The van der Waals surface area contributed by atoms with Crippen LogP contribution in [0.25, 0.3) is 0 Å². The second-order valence-electron chi connectivity index (χ2n) is 2.95. The number of nitrogens with one attached hydrogen (secondary N) is 2. The molecule has 1 saturated heterocycles. The molecule has 2 N–H and O–H groups in total. The van der Waals surface area contributed by atoms with Crippen LogP contribution in [0, 0.1) is 0 Å². The van der Waals surface area contributed by atoms with Gasteiger partial charge in [0.25, 0.3) is 0 Å². The van der Waals surface area contributed by atoms with E-state index in [1.165, 1.54) is 0 Å². The van der Waals surface area contributed by atoms with Gasteiger partial charge in [-0.2, -0.15) is 0 Å². The maximum atomic E-state index is 10.9. The summed E-state index contributed by atoms with van der Waals surface area (Å²) in [6, 6.07) is -0.163. The van der Waals surface area contributed by atoms with Crippen molar-refractivity contribution in [3.8, 4) is 0 Å². The van der Waals surface area contributed by atoms with Crippen molar-refractivity contribution < 1.29 is 14.3 Å². The molecule has 5 nitrogen and oxygen atoms in total.